The van der Waals surface area contributed by atoms with Gasteiger partial charge >= 0.3 is 266 Å². The van der Waals surface area contributed by atoms with Crippen LogP contribution >= 0.6 is 24.1 Å². The molecule has 0 atom stereocenters. The first-order chi connectivity index (χ1) is 20.8. The van der Waals surface area contributed by atoms with E-state index in [1.54, 1.807) is 0 Å². The van der Waals surface area contributed by atoms with Crippen molar-refractivity contribution >= 4 is 61.2 Å². The summed E-state index contributed by atoms with van der Waals surface area (Å²) in [5, 5.41) is 7.00. The van der Waals surface area contributed by atoms with Crippen LogP contribution in [-0.2, 0) is 17.9 Å². The molecule has 0 aliphatic heterocycles. The van der Waals surface area contributed by atoms with Gasteiger partial charge in [0.05, 0.1) is 0 Å². The Balaban J connectivity index is 0.00000173. The Bertz CT molecular complexity index is 1360. The zero-order chi connectivity index (χ0) is 29.3. The summed E-state index contributed by atoms with van der Waals surface area (Å²) >= 11 is 1.47. The van der Waals surface area contributed by atoms with Crippen molar-refractivity contribution in [3.05, 3.63) is 182 Å². The quantitative estimate of drug-likeness (QED) is 0.149. The SMILES string of the molecule is O=C([PH](c1ccccc1)(c1ccccc1)c1ccccc1)[PH](c1ccccc1)(c1ccccc1)c1ccccc1.[Cl][Ir]. The van der Waals surface area contributed by atoms with Crippen LogP contribution in [0.5, 0.6) is 0 Å². The summed E-state index contributed by atoms with van der Waals surface area (Å²) in [5.74, 6) is 0. The summed E-state index contributed by atoms with van der Waals surface area (Å²) < 4.78 is 0. The third-order valence-electron chi connectivity index (χ3n) is 7.92. The van der Waals surface area contributed by atoms with E-state index in [4.69, 9.17) is 0 Å². The minimum atomic E-state index is -3.29. The van der Waals surface area contributed by atoms with Crippen molar-refractivity contribution in [2.24, 2.45) is 0 Å². The second kappa shape index (κ2) is 14.3. The van der Waals surface area contributed by atoms with Gasteiger partial charge in [0.2, 0.25) is 0 Å². The topological polar surface area (TPSA) is 17.1 Å². The molecule has 0 aromatic heterocycles. The second-order valence-electron chi connectivity index (χ2n) is 10.0. The van der Waals surface area contributed by atoms with E-state index in [1.165, 1.54) is 17.9 Å². The number of halogens is 1. The van der Waals surface area contributed by atoms with Gasteiger partial charge in [-0.25, -0.2) is 0 Å². The van der Waals surface area contributed by atoms with Gasteiger partial charge in [0.15, 0.2) is 0 Å². The van der Waals surface area contributed by atoms with Crippen LogP contribution in [0.25, 0.3) is 0 Å². The van der Waals surface area contributed by atoms with Gasteiger partial charge in [0.1, 0.15) is 0 Å². The predicted octanol–water partition coefficient (Wildman–Crippen LogP) is 7.25. The van der Waals surface area contributed by atoms with Gasteiger partial charge in [-0.05, 0) is 0 Å². The second-order valence-corrected chi connectivity index (χ2v) is 17.9. The summed E-state index contributed by atoms with van der Waals surface area (Å²) in [4.78, 5) is 16.4. The molecule has 0 saturated heterocycles. The maximum atomic E-state index is 16.4. The molecule has 0 heterocycles. The van der Waals surface area contributed by atoms with Crippen molar-refractivity contribution in [2.75, 3.05) is 0 Å². The molecule has 6 rings (SSSR count). The number of hydrogen-bond donors (Lipinski definition) is 0. The van der Waals surface area contributed by atoms with Crippen LogP contribution in [0, 0.1) is 0 Å². The molecular weight excluding hydrogens is 750 g/mol. The zero-order valence-corrected chi connectivity index (χ0v) is 28.1. The Kier molecular flexibility index (Phi) is 10.3. The van der Waals surface area contributed by atoms with E-state index in [-0.39, 0.29) is 0 Å². The Morgan fingerprint density at radius 1 is 0.333 bits per heavy atom. The van der Waals surface area contributed by atoms with Crippen molar-refractivity contribution in [3.8, 4) is 0 Å². The molecule has 0 aliphatic carbocycles. The molecule has 0 spiro atoms. The average molecular weight is 782 g/mol. The van der Waals surface area contributed by atoms with Crippen molar-refractivity contribution in [2.45, 2.75) is 0 Å². The van der Waals surface area contributed by atoms with Gasteiger partial charge in [-0.2, -0.15) is 0 Å². The van der Waals surface area contributed by atoms with E-state index < -0.39 is 14.5 Å². The normalized spacial score (nSPS) is 12.0. The van der Waals surface area contributed by atoms with E-state index in [0.717, 1.165) is 31.8 Å². The van der Waals surface area contributed by atoms with Gasteiger partial charge in [0, 0.05) is 0 Å². The van der Waals surface area contributed by atoms with Crippen LogP contribution in [0.15, 0.2) is 182 Å². The molecule has 42 heavy (non-hydrogen) atoms. The minimum absolute atomic E-state index is 0.354. The standard InChI is InChI=1S/C37H32OP2.ClH.Ir/c38-37(39(31-19-7-1-8-20-31,32-21-9-2-10-22-32)33-23-11-3-12-24-33)40(34-25-13-4-14-26-34,35-27-15-5-16-28-35)36-29-17-6-18-30-36;;/h1-30,39-40H;1H;/q;;+1/p-1. The Morgan fingerprint density at radius 2 is 0.476 bits per heavy atom. The summed E-state index contributed by atoms with van der Waals surface area (Å²) in [6.45, 7) is 0. The van der Waals surface area contributed by atoms with Crippen LogP contribution < -0.4 is 31.8 Å². The Morgan fingerprint density at radius 3 is 0.619 bits per heavy atom. The zero-order valence-electron chi connectivity index (χ0n) is 22.9. The van der Waals surface area contributed by atoms with Crippen molar-refractivity contribution in [1.29, 1.82) is 0 Å². The predicted molar refractivity (Wildman–Crippen MR) is 184 cm³/mol. The molecule has 0 N–H and O–H groups in total. The molecule has 1 nitrogen and oxygen atoms in total. The monoisotopic (exact) mass is 782 g/mol. The van der Waals surface area contributed by atoms with Crippen LogP contribution in [-0.4, -0.2) is 5.27 Å². The van der Waals surface area contributed by atoms with Gasteiger partial charge < -0.3 is 0 Å². The van der Waals surface area contributed by atoms with Gasteiger partial charge in [-0.3, -0.25) is 0 Å². The van der Waals surface area contributed by atoms with Gasteiger partial charge in [0.25, 0.3) is 0 Å². The number of benzene rings is 6. The van der Waals surface area contributed by atoms with Crippen LogP contribution in [0.3, 0.4) is 0 Å². The average Bonchev–Trinajstić information content (AvgIpc) is 3.09. The fraction of sp³-hybridized carbons (Fsp3) is 0. The molecule has 0 bridgehead atoms. The Labute approximate surface area is 264 Å². The van der Waals surface area contributed by atoms with E-state index in [0.29, 0.717) is 5.27 Å². The molecule has 0 unspecified atom stereocenters. The van der Waals surface area contributed by atoms with Crippen molar-refractivity contribution < 1.29 is 22.7 Å². The number of hydrogen-bond acceptors (Lipinski definition) is 1. The Hall–Kier alpha value is -3.21. The fourth-order valence-corrected chi connectivity index (χ4v) is 18.8. The molecular formula is C37H32ClIrOP2. The summed E-state index contributed by atoms with van der Waals surface area (Å²) in [7, 11) is -1.94. The van der Waals surface area contributed by atoms with Crippen LogP contribution in [0.4, 0.5) is 4.79 Å². The molecule has 0 amide bonds. The first kappa shape index (κ1) is 30.3. The molecule has 0 aliphatic rings. The summed E-state index contributed by atoms with van der Waals surface area (Å²) in [6, 6.07) is 63.2. The molecule has 212 valence electrons. The third kappa shape index (κ3) is 5.47. The van der Waals surface area contributed by atoms with Gasteiger partial charge in [-0.1, -0.05) is 0 Å². The third-order valence-corrected chi connectivity index (χ3v) is 18.7. The molecule has 5 heteroatoms. The van der Waals surface area contributed by atoms with E-state index in [9.17, 15) is 0 Å². The number of carbonyl (C=O) groups excluding carboxylic acids is 1. The van der Waals surface area contributed by atoms with Gasteiger partial charge in [-0.15, -0.1) is 0 Å². The molecule has 6 aromatic carbocycles. The molecule has 0 fully saturated rings. The number of rotatable bonds is 8. The number of carbonyl (C=O) groups is 1. The fourth-order valence-electron chi connectivity index (χ4n) is 6.20. The maximum absolute atomic E-state index is 16.4. The van der Waals surface area contributed by atoms with E-state index in [2.05, 4.69) is 155 Å². The first-order valence-corrected chi connectivity index (χ1v) is 20.8. The first-order valence-electron chi connectivity index (χ1n) is 13.8. The molecule has 0 saturated carbocycles. The summed E-state index contributed by atoms with van der Waals surface area (Å²) in [6.07, 6.45) is 0. The summed E-state index contributed by atoms with van der Waals surface area (Å²) in [5.41, 5.74) is 0. The molecule has 6 aromatic rings. The molecule has 0 radical (unpaired) electrons. The van der Waals surface area contributed by atoms with Crippen molar-refractivity contribution in [3.63, 3.8) is 0 Å². The van der Waals surface area contributed by atoms with E-state index >= 15 is 4.79 Å². The van der Waals surface area contributed by atoms with Crippen LogP contribution in [0.2, 0.25) is 0 Å². The van der Waals surface area contributed by atoms with Crippen molar-refractivity contribution in [1.82, 2.24) is 0 Å². The van der Waals surface area contributed by atoms with Crippen LogP contribution in [0.1, 0.15) is 0 Å². The van der Waals surface area contributed by atoms with E-state index in [1.807, 2.05) is 36.4 Å².